The van der Waals surface area contributed by atoms with E-state index >= 15 is 0 Å². The molecule has 0 spiro atoms. The molecular formula is C12H23NO4. The van der Waals surface area contributed by atoms with E-state index in [1.807, 2.05) is 0 Å². The fourth-order valence-electron chi connectivity index (χ4n) is 2.04. The van der Waals surface area contributed by atoms with Gasteiger partial charge in [0.25, 0.3) is 0 Å². The second-order valence-electron chi connectivity index (χ2n) is 4.39. The zero-order chi connectivity index (χ0) is 12.5. The molecule has 0 radical (unpaired) electrons. The summed E-state index contributed by atoms with van der Waals surface area (Å²) in [7, 11) is 0. The molecule has 0 saturated heterocycles. The second kappa shape index (κ2) is 8.44. The number of carbonyl (C=O) groups excluding carboxylic acids is 1. The first-order valence-corrected chi connectivity index (χ1v) is 6.34. The Morgan fingerprint density at radius 3 is 2.94 bits per heavy atom. The lowest BCUT2D eigenvalue weighted by Gasteiger charge is -2.10. The Bertz CT molecular complexity index is 223. The van der Waals surface area contributed by atoms with Crippen molar-refractivity contribution in [1.29, 1.82) is 0 Å². The Kier molecular flexibility index (Phi) is 7.16. The molecule has 0 aromatic carbocycles. The fraction of sp³-hybridized carbons (Fsp3) is 0.917. The van der Waals surface area contributed by atoms with Gasteiger partial charge in [-0.25, -0.2) is 4.79 Å². The van der Waals surface area contributed by atoms with Gasteiger partial charge in [0, 0.05) is 6.54 Å². The van der Waals surface area contributed by atoms with Crippen molar-refractivity contribution in [3.63, 3.8) is 0 Å². The van der Waals surface area contributed by atoms with Crippen molar-refractivity contribution in [3.8, 4) is 0 Å². The number of ether oxygens (including phenoxy) is 2. The third-order valence-corrected chi connectivity index (χ3v) is 2.89. The predicted molar refractivity (Wildman–Crippen MR) is 63.7 cm³/mol. The van der Waals surface area contributed by atoms with Crippen LogP contribution in [0.3, 0.4) is 0 Å². The molecule has 2 atom stereocenters. The van der Waals surface area contributed by atoms with E-state index in [1.54, 1.807) is 6.92 Å². The summed E-state index contributed by atoms with van der Waals surface area (Å²) in [6, 6.07) is 0. The number of nitrogens with one attached hydrogen (secondary N) is 1. The van der Waals surface area contributed by atoms with Gasteiger partial charge in [-0.15, -0.1) is 0 Å². The minimum Gasteiger partial charge on any atom is -0.464 e. The summed E-state index contributed by atoms with van der Waals surface area (Å²) in [5.74, 6) is 0.265. The zero-order valence-electron chi connectivity index (χ0n) is 10.5. The topological polar surface area (TPSA) is 67.8 Å². The van der Waals surface area contributed by atoms with Gasteiger partial charge in [0.2, 0.25) is 0 Å². The van der Waals surface area contributed by atoms with E-state index in [-0.39, 0.29) is 18.7 Å². The van der Waals surface area contributed by atoms with E-state index in [0.717, 1.165) is 32.4 Å². The molecule has 2 unspecified atom stereocenters. The van der Waals surface area contributed by atoms with Crippen molar-refractivity contribution < 1.29 is 19.4 Å². The maximum Gasteiger partial charge on any atom is 0.332 e. The van der Waals surface area contributed by atoms with E-state index in [4.69, 9.17) is 9.47 Å². The van der Waals surface area contributed by atoms with Gasteiger partial charge < -0.3 is 19.9 Å². The van der Waals surface area contributed by atoms with Crippen LogP contribution in [-0.2, 0) is 14.3 Å². The van der Waals surface area contributed by atoms with Gasteiger partial charge in [-0.3, -0.25) is 0 Å². The van der Waals surface area contributed by atoms with E-state index in [0.29, 0.717) is 19.1 Å². The number of rotatable bonds is 8. The van der Waals surface area contributed by atoms with Crippen molar-refractivity contribution >= 4 is 5.97 Å². The molecule has 1 fully saturated rings. The second-order valence-corrected chi connectivity index (χ2v) is 4.39. The van der Waals surface area contributed by atoms with Crippen molar-refractivity contribution in [2.75, 3.05) is 32.9 Å². The van der Waals surface area contributed by atoms with Crippen LogP contribution in [0, 0.1) is 5.92 Å². The Morgan fingerprint density at radius 2 is 2.29 bits per heavy atom. The summed E-state index contributed by atoms with van der Waals surface area (Å²) >= 11 is 0. The monoisotopic (exact) mass is 245 g/mol. The van der Waals surface area contributed by atoms with E-state index < -0.39 is 0 Å². The lowest BCUT2D eigenvalue weighted by molar-refractivity contribution is -0.148. The van der Waals surface area contributed by atoms with Gasteiger partial charge in [-0.2, -0.15) is 0 Å². The lowest BCUT2D eigenvalue weighted by Crippen LogP contribution is -2.26. The highest BCUT2D eigenvalue weighted by Crippen LogP contribution is 2.24. The van der Waals surface area contributed by atoms with Gasteiger partial charge >= 0.3 is 5.97 Å². The standard InChI is InChI=1S/C12H23NO4/c1-2-17-12(15)9-16-6-5-13-8-10-3-4-11(14)7-10/h10-11,13-14H,2-9H2,1H3. The molecule has 1 saturated carbocycles. The van der Waals surface area contributed by atoms with Crippen LogP contribution in [0.4, 0.5) is 0 Å². The predicted octanol–water partition coefficient (Wildman–Crippen LogP) is 0.317. The third kappa shape index (κ3) is 6.61. The summed E-state index contributed by atoms with van der Waals surface area (Å²) in [5.41, 5.74) is 0. The average molecular weight is 245 g/mol. The molecule has 17 heavy (non-hydrogen) atoms. The summed E-state index contributed by atoms with van der Waals surface area (Å²) in [5, 5.41) is 12.6. The van der Waals surface area contributed by atoms with E-state index in [2.05, 4.69) is 5.32 Å². The number of hydrogen-bond donors (Lipinski definition) is 2. The van der Waals surface area contributed by atoms with E-state index in [1.165, 1.54) is 0 Å². The van der Waals surface area contributed by atoms with Crippen LogP contribution >= 0.6 is 0 Å². The SMILES string of the molecule is CCOC(=O)COCCNCC1CCC(O)C1. The highest BCUT2D eigenvalue weighted by atomic mass is 16.6. The first-order chi connectivity index (χ1) is 8.22. The Labute approximate surface area is 102 Å². The molecule has 100 valence electrons. The third-order valence-electron chi connectivity index (χ3n) is 2.89. The minimum atomic E-state index is -0.314. The first kappa shape index (κ1) is 14.4. The smallest absolute Gasteiger partial charge is 0.332 e. The van der Waals surface area contributed by atoms with Crippen LogP contribution < -0.4 is 5.32 Å². The molecule has 0 heterocycles. The van der Waals surface area contributed by atoms with Crippen LogP contribution in [0.15, 0.2) is 0 Å². The molecule has 1 rings (SSSR count). The fourth-order valence-corrected chi connectivity index (χ4v) is 2.04. The van der Waals surface area contributed by atoms with Gasteiger partial charge in [-0.05, 0) is 38.6 Å². The summed E-state index contributed by atoms with van der Waals surface area (Å²) in [6.45, 7) is 4.34. The lowest BCUT2D eigenvalue weighted by atomic mass is 10.1. The van der Waals surface area contributed by atoms with Crippen molar-refractivity contribution in [1.82, 2.24) is 5.32 Å². The maximum atomic E-state index is 10.9. The normalized spacial score (nSPS) is 23.9. The van der Waals surface area contributed by atoms with Crippen LogP contribution in [-0.4, -0.2) is 50.1 Å². The number of aliphatic hydroxyl groups is 1. The quantitative estimate of drug-likeness (QED) is 0.476. The molecule has 0 amide bonds. The van der Waals surface area contributed by atoms with Crippen molar-refractivity contribution in [3.05, 3.63) is 0 Å². The zero-order valence-corrected chi connectivity index (χ0v) is 10.5. The molecule has 2 N–H and O–H groups in total. The Balaban J connectivity index is 1.86. The molecular weight excluding hydrogens is 222 g/mol. The highest BCUT2D eigenvalue weighted by Gasteiger charge is 2.21. The van der Waals surface area contributed by atoms with Crippen LogP contribution in [0.25, 0.3) is 0 Å². The molecule has 0 bridgehead atoms. The minimum absolute atomic E-state index is 0.0255. The summed E-state index contributed by atoms with van der Waals surface area (Å²) < 4.78 is 9.88. The highest BCUT2D eigenvalue weighted by molar-refractivity contribution is 5.70. The molecule has 1 aliphatic rings. The van der Waals surface area contributed by atoms with Gasteiger partial charge in [0.1, 0.15) is 6.61 Å². The Hall–Kier alpha value is -0.650. The first-order valence-electron chi connectivity index (χ1n) is 6.34. The van der Waals surface area contributed by atoms with Gasteiger partial charge in [0.05, 0.1) is 19.3 Å². The molecule has 5 nitrogen and oxygen atoms in total. The summed E-state index contributed by atoms with van der Waals surface area (Å²) in [6.07, 6.45) is 2.81. The van der Waals surface area contributed by atoms with Crippen LogP contribution in [0.5, 0.6) is 0 Å². The molecule has 0 aromatic rings. The van der Waals surface area contributed by atoms with Crippen molar-refractivity contribution in [2.45, 2.75) is 32.3 Å². The Morgan fingerprint density at radius 1 is 1.47 bits per heavy atom. The molecule has 5 heteroatoms. The number of aliphatic hydroxyl groups excluding tert-OH is 1. The van der Waals surface area contributed by atoms with Crippen molar-refractivity contribution in [2.24, 2.45) is 5.92 Å². The van der Waals surface area contributed by atoms with Crippen LogP contribution in [0.2, 0.25) is 0 Å². The average Bonchev–Trinajstić information content (AvgIpc) is 2.70. The molecule has 0 aromatic heterocycles. The summed E-state index contributed by atoms with van der Waals surface area (Å²) in [4.78, 5) is 10.9. The number of hydrogen-bond acceptors (Lipinski definition) is 5. The van der Waals surface area contributed by atoms with Crippen LogP contribution in [0.1, 0.15) is 26.2 Å². The maximum absolute atomic E-state index is 10.9. The molecule has 1 aliphatic carbocycles. The van der Waals surface area contributed by atoms with E-state index in [9.17, 15) is 9.90 Å². The number of carbonyl (C=O) groups is 1. The van der Waals surface area contributed by atoms with Gasteiger partial charge in [0.15, 0.2) is 0 Å². The number of esters is 1. The molecule has 0 aliphatic heterocycles. The largest absolute Gasteiger partial charge is 0.464 e. The van der Waals surface area contributed by atoms with Gasteiger partial charge in [-0.1, -0.05) is 0 Å².